The summed E-state index contributed by atoms with van der Waals surface area (Å²) < 4.78 is 7.12. The van der Waals surface area contributed by atoms with Crippen molar-refractivity contribution in [1.29, 1.82) is 0 Å². The molecule has 0 atom stereocenters. The Morgan fingerprint density at radius 1 is 0.154 bits per heavy atom. The first-order valence-electron chi connectivity index (χ1n) is 35.5. The topological polar surface area (TPSA) is 50.9 Å². The van der Waals surface area contributed by atoms with Crippen molar-refractivity contribution < 1.29 is 0 Å². The molecule has 3 N–H and O–H groups in total. The second-order valence-corrected chi connectivity index (χ2v) is 26.8. The van der Waals surface area contributed by atoms with Gasteiger partial charge in [0.05, 0.1) is 33.1 Å². The Hall–Kier alpha value is -13.9. The van der Waals surface area contributed by atoms with E-state index in [1.54, 1.807) is 0 Å². The number of nitrogens with zero attached hydrogens (tertiary/aromatic N) is 3. The first-order valence-corrected chi connectivity index (χ1v) is 35.5. The zero-order valence-electron chi connectivity index (χ0n) is 56.9. The lowest BCUT2D eigenvalue weighted by molar-refractivity contribution is 1.19. The zero-order chi connectivity index (χ0) is 68.9. The maximum Gasteiger partial charge on any atom is 0.0542 e. The van der Waals surface area contributed by atoms with Crippen LogP contribution in [0.2, 0.25) is 0 Å². The summed E-state index contributed by atoms with van der Waals surface area (Å²) in [6, 6.07) is 141. The molecule has 0 amide bonds. The summed E-state index contributed by atoms with van der Waals surface area (Å²) in [4.78, 5) is 0. The number of anilines is 6. The lowest BCUT2D eigenvalue weighted by Gasteiger charge is -2.11. The first-order chi connectivity index (χ1) is 51.5. The van der Waals surface area contributed by atoms with Crippen LogP contribution in [0, 0.1) is 0 Å². The third-order valence-corrected chi connectivity index (χ3v) is 20.4. The average molecular weight is 1330 g/mol. The van der Waals surface area contributed by atoms with E-state index in [1.807, 2.05) is 6.07 Å². The highest BCUT2D eigenvalue weighted by Crippen LogP contribution is 2.40. The molecule has 6 heteroatoms. The van der Waals surface area contributed by atoms with Crippen molar-refractivity contribution in [3.8, 4) is 28.2 Å². The Balaban J connectivity index is 0.000000107. The first kappa shape index (κ1) is 61.2. The number of para-hydroxylation sites is 3. The molecule has 21 aromatic rings. The Morgan fingerprint density at radius 3 is 0.904 bits per heavy atom. The molecule has 18 aromatic carbocycles. The van der Waals surface area contributed by atoms with E-state index in [2.05, 4.69) is 418 Å². The molecule has 0 unspecified atom stereocenters. The highest BCUT2D eigenvalue weighted by molar-refractivity contribution is 6.13. The van der Waals surface area contributed by atoms with E-state index in [9.17, 15) is 0 Å². The second-order valence-electron chi connectivity index (χ2n) is 26.8. The van der Waals surface area contributed by atoms with Gasteiger partial charge >= 0.3 is 0 Å². The van der Waals surface area contributed by atoms with Crippen molar-refractivity contribution in [3.05, 3.63) is 394 Å². The van der Waals surface area contributed by atoms with Gasteiger partial charge in [-0.15, -0.1) is 0 Å². The molecule has 104 heavy (non-hydrogen) atoms. The molecule has 0 spiro atoms. The maximum absolute atomic E-state index is 3.67. The Bertz CT molecular complexity index is 6830. The van der Waals surface area contributed by atoms with Gasteiger partial charge in [0, 0.05) is 88.9 Å². The van der Waals surface area contributed by atoms with Crippen LogP contribution < -0.4 is 16.0 Å². The smallest absolute Gasteiger partial charge is 0.0542 e. The van der Waals surface area contributed by atoms with Crippen LogP contribution in [0.1, 0.15) is 0 Å². The van der Waals surface area contributed by atoms with Crippen LogP contribution in [0.4, 0.5) is 34.1 Å². The Kier molecular flexibility index (Phi) is 15.5. The molecule has 490 valence electrons. The van der Waals surface area contributed by atoms with E-state index < -0.39 is 0 Å². The highest BCUT2D eigenvalue weighted by Gasteiger charge is 2.18. The van der Waals surface area contributed by atoms with Gasteiger partial charge in [-0.1, -0.05) is 255 Å². The van der Waals surface area contributed by atoms with Crippen LogP contribution >= 0.6 is 0 Å². The zero-order valence-corrected chi connectivity index (χ0v) is 56.9. The summed E-state index contributed by atoms with van der Waals surface area (Å²) in [7, 11) is 0. The number of nitrogens with one attached hydrogen (secondary N) is 3. The van der Waals surface area contributed by atoms with Gasteiger partial charge in [0.25, 0.3) is 0 Å². The minimum absolute atomic E-state index is 1.08. The predicted molar refractivity (Wildman–Crippen MR) is 444 cm³/mol. The fourth-order valence-electron chi connectivity index (χ4n) is 15.4. The third-order valence-electron chi connectivity index (χ3n) is 20.4. The number of rotatable bonds is 10. The van der Waals surface area contributed by atoms with Gasteiger partial charge in [-0.3, -0.25) is 0 Å². The lowest BCUT2D eigenvalue weighted by Crippen LogP contribution is -1.94. The summed E-state index contributed by atoms with van der Waals surface area (Å²) in [6.45, 7) is 0. The number of hydrogen-bond donors (Lipinski definition) is 3. The normalized spacial score (nSPS) is 11.5. The van der Waals surface area contributed by atoms with E-state index >= 15 is 0 Å². The highest BCUT2D eigenvalue weighted by atomic mass is 15.0. The largest absolute Gasteiger partial charge is 0.356 e. The average Bonchev–Trinajstić information content (AvgIpc) is 1.60. The van der Waals surface area contributed by atoms with E-state index in [0.717, 1.165) is 34.1 Å². The van der Waals surface area contributed by atoms with Crippen molar-refractivity contribution >= 4 is 153 Å². The fourth-order valence-corrected chi connectivity index (χ4v) is 15.4. The number of benzene rings is 18. The molecular formula is C98H68N6. The fraction of sp³-hybridized carbons (Fsp3) is 0. The molecule has 3 heterocycles. The molecule has 6 nitrogen and oxygen atoms in total. The molecule has 21 rings (SSSR count). The minimum atomic E-state index is 1.08. The van der Waals surface area contributed by atoms with Crippen LogP contribution in [0.3, 0.4) is 0 Å². The second kappa shape index (κ2) is 26.3. The Morgan fingerprint density at radius 2 is 0.452 bits per heavy atom. The molecular weight excluding hydrogens is 1260 g/mol. The maximum atomic E-state index is 3.67. The van der Waals surface area contributed by atoms with E-state index in [-0.39, 0.29) is 0 Å². The molecule has 3 aromatic heterocycles. The molecule has 0 aliphatic rings. The SMILES string of the molecule is c1ccc(-c2ccc(Nc3ccc4c(c3)c3ccccc3n4-c3ccc4ccccc4c3)cc2)cc1.c1ccc2cc(-n3c4ccccc4c4cc(Nc5cccc6ccccc56)ccc43)ccc2c1.c1ccc2cc(Nc3ccc4c(c3)c3ccccc3n4-c3ccc4ccccc4c3)ccc2c1. The molecule has 0 radical (unpaired) electrons. The summed E-state index contributed by atoms with van der Waals surface area (Å²) in [5, 5.41) is 30.9. The van der Waals surface area contributed by atoms with Gasteiger partial charge in [-0.2, -0.15) is 0 Å². The lowest BCUT2D eigenvalue weighted by atomic mass is 10.1. The molecule has 0 fully saturated rings. The van der Waals surface area contributed by atoms with Crippen LogP contribution in [0.25, 0.3) is 147 Å². The third kappa shape index (κ3) is 11.5. The molecule has 0 bridgehead atoms. The number of aromatic nitrogens is 3. The van der Waals surface area contributed by atoms with E-state index in [4.69, 9.17) is 0 Å². The standard InChI is InChI=1S/C34H24N2.2C32H22N2/c1-2-8-24(9-3-1)26-14-17-28(18-15-26)35-29-19-21-34-32(23-29)31-12-6-7-13-33(31)36(34)30-20-16-25-10-4-5-11-27(25)22-30;1-3-9-24-19-26(15-13-22(24)7-1)33-27-16-18-32-30(21-27)29-11-5-6-12-31(29)34(32)28-17-14-23-8-2-4-10-25(23)20-28;1-2-10-24-20-26(18-16-22(24)8-1)34-31-15-6-5-13-28(31)29-21-25(17-19-32(29)34)33-30-14-7-11-23-9-3-4-12-27(23)30/h1-23,35H;2*1-21,33H. The molecule has 0 aliphatic heterocycles. The molecule has 0 saturated carbocycles. The molecule has 0 aliphatic carbocycles. The van der Waals surface area contributed by atoms with Crippen LogP contribution in [0.15, 0.2) is 394 Å². The van der Waals surface area contributed by atoms with Crippen molar-refractivity contribution in [2.24, 2.45) is 0 Å². The minimum Gasteiger partial charge on any atom is -0.356 e. The van der Waals surface area contributed by atoms with Gasteiger partial charge < -0.3 is 29.7 Å². The van der Waals surface area contributed by atoms with Gasteiger partial charge in [0.2, 0.25) is 0 Å². The van der Waals surface area contributed by atoms with Crippen LogP contribution in [-0.2, 0) is 0 Å². The quantitative estimate of drug-likeness (QED) is 0.128. The van der Waals surface area contributed by atoms with Gasteiger partial charge in [0.1, 0.15) is 0 Å². The molecule has 0 saturated heterocycles. The van der Waals surface area contributed by atoms with Crippen molar-refractivity contribution in [3.63, 3.8) is 0 Å². The van der Waals surface area contributed by atoms with Crippen molar-refractivity contribution in [2.45, 2.75) is 0 Å². The van der Waals surface area contributed by atoms with E-state index in [0.29, 0.717) is 0 Å². The number of hydrogen-bond acceptors (Lipinski definition) is 3. The van der Waals surface area contributed by atoms with Crippen molar-refractivity contribution in [1.82, 2.24) is 13.7 Å². The predicted octanol–water partition coefficient (Wildman–Crippen LogP) is 27.0. The van der Waals surface area contributed by atoms with Gasteiger partial charge in [0.15, 0.2) is 0 Å². The van der Waals surface area contributed by atoms with Crippen LogP contribution in [-0.4, -0.2) is 13.7 Å². The summed E-state index contributed by atoms with van der Waals surface area (Å²) in [5.41, 5.74) is 19.8. The monoisotopic (exact) mass is 1330 g/mol. The van der Waals surface area contributed by atoms with E-state index in [1.165, 1.54) is 147 Å². The van der Waals surface area contributed by atoms with Gasteiger partial charge in [-0.05, 0) is 199 Å². The van der Waals surface area contributed by atoms with Gasteiger partial charge in [-0.25, -0.2) is 0 Å². The summed E-state index contributed by atoms with van der Waals surface area (Å²) in [5.74, 6) is 0. The van der Waals surface area contributed by atoms with Crippen molar-refractivity contribution in [2.75, 3.05) is 16.0 Å². The summed E-state index contributed by atoms with van der Waals surface area (Å²) in [6.07, 6.45) is 0. The van der Waals surface area contributed by atoms with Crippen LogP contribution in [0.5, 0.6) is 0 Å². The summed E-state index contributed by atoms with van der Waals surface area (Å²) >= 11 is 0. The number of fused-ring (bicyclic) bond motifs is 14. The Labute approximate surface area is 601 Å².